The third-order valence-corrected chi connectivity index (χ3v) is 1.96. The smallest absolute Gasteiger partial charge is 0.224 e. The van der Waals surface area contributed by atoms with E-state index in [9.17, 15) is 4.79 Å². The minimum absolute atomic E-state index is 0.0433. The van der Waals surface area contributed by atoms with Crippen molar-refractivity contribution in [1.82, 2.24) is 4.90 Å². The van der Waals surface area contributed by atoms with Gasteiger partial charge in [-0.1, -0.05) is 0 Å². The number of nitrogens with two attached hydrogens (primary N) is 1. The van der Waals surface area contributed by atoms with Crippen LogP contribution in [0.25, 0.3) is 0 Å². The Morgan fingerprint density at radius 1 is 1.55 bits per heavy atom. The minimum Gasteiger partial charge on any atom is -0.336 e. The fraction of sp³-hybridized carbons (Fsp3) is 0.875. The molecule has 0 spiro atoms. The monoisotopic (exact) mass is 156 g/mol. The number of amides is 1. The van der Waals surface area contributed by atoms with Gasteiger partial charge in [0.05, 0.1) is 0 Å². The predicted octanol–water partition coefficient (Wildman–Crippen LogP) is 0.344. The van der Waals surface area contributed by atoms with Gasteiger partial charge in [0.1, 0.15) is 0 Å². The lowest BCUT2D eigenvalue weighted by Crippen LogP contribution is -2.43. The first-order valence-electron chi connectivity index (χ1n) is 3.97. The molecule has 64 valence electrons. The van der Waals surface area contributed by atoms with Crippen molar-refractivity contribution in [3.8, 4) is 0 Å². The normalized spacial score (nSPS) is 26.4. The van der Waals surface area contributed by atoms with Crippen LogP contribution in [0.1, 0.15) is 27.2 Å². The van der Waals surface area contributed by atoms with Crippen LogP contribution in [0.2, 0.25) is 0 Å². The highest BCUT2D eigenvalue weighted by Gasteiger charge is 2.34. The van der Waals surface area contributed by atoms with Crippen LogP contribution in [-0.2, 0) is 4.79 Å². The summed E-state index contributed by atoms with van der Waals surface area (Å²) in [6, 6.07) is 0.0433. The molecule has 3 heteroatoms. The van der Waals surface area contributed by atoms with E-state index in [1.54, 1.807) is 0 Å². The molecule has 0 saturated carbocycles. The quantitative estimate of drug-likeness (QED) is 0.550. The molecule has 1 aliphatic heterocycles. The number of nitrogens with zero attached hydrogens (tertiary/aromatic N) is 1. The number of rotatable bonds is 0. The van der Waals surface area contributed by atoms with Crippen molar-refractivity contribution in [3.63, 3.8) is 0 Å². The Bertz CT molecular complexity index is 171. The molecule has 0 unspecified atom stereocenters. The summed E-state index contributed by atoms with van der Waals surface area (Å²) >= 11 is 0. The van der Waals surface area contributed by atoms with Crippen molar-refractivity contribution >= 4 is 5.91 Å². The summed E-state index contributed by atoms with van der Waals surface area (Å²) in [6.07, 6.45) is 0.511. The van der Waals surface area contributed by atoms with Gasteiger partial charge in [-0.3, -0.25) is 4.79 Å². The average Bonchev–Trinajstić information content (AvgIpc) is 2.08. The van der Waals surface area contributed by atoms with E-state index in [0.29, 0.717) is 13.0 Å². The van der Waals surface area contributed by atoms with E-state index < -0.39 is 0 Å². The predicted molar refractivity (Wildman–Crippen MR) is 44.1 cm³/mol. The van der Waals surface area contributed by atoms with E-state index in [-0.39, 0.29) is 17.5 Å². The Hall–Kier alpha value is -0.570. The molecule has 0 radical (unpaired) electrons. The lowest BCUT2D eigenvalue weighted by molar-refractivity contribution is -0.131. The van der Waals surface area contributed by atoms with E-state index in [2.05, 4.69) is 0 Å². The number of carbonyl (C=O) groups excluding carboxylic acids is 1. The first-order chi connectivity index (χ1) is 4.91. The SMILES string of the molecule is CC(C)(C)N1C[C@H](N)CC1=O. The number of hydrogen-bond donors (Lipinski definition) is 1. The highest BCUT2D eigenvalue weighted by atomic mass is 16.2. The molecule has 0 aromatic rings. The number of hydrogen-bond acceptors (Lipinski definition) is 2. The Morgan fingerprint density at radius 2 is 2.09 bits per heavy atom. The van der Waals surface area contributed by atoms with E-state index in [1.807, 2.05) is 25.7 Å². The minimum atomic E-state index is -0.0643. The maximum atomic E-state index is 11.3. The Morgan fingerprint density at radius 3 is 2.27 bits per heavy atom. The molecule has 1 rings (SSSR count). The van der Waals surface area contributed by atoms with Gasteiger partial charge in [-0.15, -0.1) is 0 Å². The summed E-state index contributed by atoms with van der Waals surface area (Å²) < 4.78 is 0. The van der Waals surface area contributed by atoms with Gasteiger partial charge < -0.3 is 10.6 Å². The first kappa shape index (κ1) is 8.53. The molecule has 0 aliphatic carbocycles. The second kappa shape index (κ2) is 2.48. The molecule has 1 amide bonds. The maximum absolute atomic E-state index is 11.3. The lowest BCUT2D eigenvalue weighted by Gasteiger charge is -2.31. The second-order valence-electron chi connectivity index (χ2n) is 4.14. The zero-order chi connectivity index (χ0) is 8.65. The van der Waals surface area contributed by atoms with Gasteiger partial charge in [0.25, 0.3) is 0 Å². The largest absolute Gasteiger partial charge is 0.336 e. The van der Waals surface area contributed by atoms with Crippen LogP contribution < -0.4 is 5.73 Å². The molecule has 1 saturated heterocycles. The summed E-state index contributed by atoms with van der Waals surface area (Å²) in [5.41, 5.74) is 5.59. The maximum Gasteiger partial charge on any atom is 0.224 e. The van der Waals surface area contributed by atoms with Crippen molar-refractivity contribution in [2.75, 3.05) is 6.54 Å². The van der Waals surface area contributed by atoms with Crippen LogP contribution in [0.4, 0.5) is 0 Å². The molecule has 0 aromatic heterocycles. The second-order valence-corrected chi connectivity index (χ2v) is 4.14. The Balaban J connectivity index is 2.68. The van der Waals surface area contributed by atoms with E-state index in [1.165, 1.54) is 0 Å². The molecule has 1 heterocycles. The van der Waals surface area contributed by atoms with E-state index >= 15 is 0 Å². The average molecular weight is 156 g/mol. The summed E-state index contributed by atoms with van der Waals surface area (Å²) in [5.74, 6) is 0.185. The molecule has 0 bridgehead atoms. The van der Waals surface area contributed by atoms with Crippen LogP contribution >= 0.6 is 0 Å². The van der Waals surface area contributed by atoms with Crippen molar-refractivity contribution in [2.24, 2.45) is 5.73 Å². The van der Waals surface area contributed by atoms with Gasteiger partial charge in [-0.2, -0.15) is 0 Å². The van der Waals surface area contributed by atoms with Crippen LogP contribution in [0, 0.1) is 0 Å². The van der Waals surface area contributed by atoms with E-state index in [0.717, 1.165) is 0 Å². The fourth-order valence-electron chi connectivity index (χ4n) is 1.38. The van der Waals surface area contributed by atoms with Crippen LogP contribution in [0.15, 0.2) is 0 Å². The summed E-state index contributed by atoms with van der Waals surface area (Å²) in [5, 5.41) is 0. The molecule has 11 heavy (non-hydrogen) atoms. The molecule has 1 fully saturated rings. The van der Waals surface area contributed by atoms with E-state index in [4.69, 9.17) is 5.73 Å². The third kappa shape index (κ3) is 1.71. The number of likely N-dealkylation sites (tertiary alicyclic amines) is 1. The van der Waals surface area contributed by atoms with Crippen molar-refractivity contribution < 1.29 is 4.79 Å². The molecule has 1 atom stereocenters. The molecular weight excluding hydrogens is 140 g/mol. The molecule has 0 aromatic carbocycles. The van der Waals surface area contributed by atoms with Crippen LogP contribution in [0.3, 0.4) is 0 Å². The Kier molecular flexibility index (Phi) is 1.92. The van der Waals surface area contributed by atoms with Gasteiger partial charge in [0.2, 0.25) is 5.91 Å². The van der Waals surface area contributed by atoms with Crippen LogP contribution in [-0.4, -0.2) is 28.9 Å². The highest BCUT2D eigenvalue weighted by Crippen LogP contribution is 2.20. The fourth-order valence-corrected chi connectivity index (χ4v) is 1.38. The van der Waals surface area contributed by atoms with Crippen LogP contribution in [0.5, 0.6) is 0 Å². The van der Waals surface area contributed by atoms with Crippen molar-refractivity contribution in [2.45, 2.75) is 38.8 Å². The molecule has 2 N–H and O–H groups in total. The summed E-state index contributed by atoms with van der Waals surface area (Å²) in [6.45, 7) is 6.80. The van der Waals surface area contributed by atoms with Gasteiger partial charge in [-0.25, -0.2) is 0 Å². The molecular formula is C8H16N2O. The van der Waals surface area contributed by atoms with Crippen molar-refractivity contribution in [1.29, 1.82) is 0 Å². The summed E-state index contributed by atoms with van der Waals surface area (Å²) in [7, 11) is 0. The third-order valence-electron chi connectivity index (χ3n) is 1.96. The first-order valence-corrected chi connectivity index (χ1v) is 3.97. The van der Waals surface area contributed by atoms with Gasteiger partial charge in [-0.05, 0) is 20.8 Å². The zero-order valence-electron chi connectivity index (χ0n) is 7.42. The molecule has 3 nitrogen and oxygen atoms in total. The standard InChI is InChI=1S/C8H16N2O/c1-8(2,3)10-5-6(9)4-7(10)11/h6H,4-5,9H2,1-3H3/t6-/m1/s1. The molecule has 1 aliphatic rings. The zero-order valence-corrected chi connectivity index (χ0v) is 7.42. The lowest BCUT2D eigenvalue weighted by atomic mass is 10.1. The van der Waals surface area contributed by atoms with Gasteiger partial charge in [0, 0.05) is 24.5 Å². The highest BCUT2D eigenvalue weighted by molar-refractivity contribution is 5.79. The van der Waals surface area contributed by atoms with Crippen molar-refractivity contribution in [3.05, 3.63) is 0 Å². The Labute approximate surface area is 67.5 Å². The topological polar surface area (TPSA) is 46.3 Å². The summed E-state index contributed by atoms with van der Waals surface area (Å²) in [4.78, 5) is 13.1. The van der Waals surface area contributed by atoms with Gasteiger partial charge >= 0.3 is 0 Å². The number of carbonyl (C=O) groups is 1. The van der Waals surface area contributed by atoms with Gasteiger partial charge in [0.15, 0.2) is 0 Å².